The van der Waals surface area contributed by atoms with E-state index >= 15 is 0 Å². The van der Waals surface area contributed by atoms with Gasteiger partial charge in [-0.15, -0.1) is 0 Å². The highest BCUT2D eigenvalue weighted by Gasteiger charge is 2.48. The van der Waals surface area contributed by atoms with E-state index in [1.54, 1.807) is 47.5 Å². The van der Waals surface area contributed by atoms with E-state index in [2.05, 4.69) is 31.9 Å². The monoisotopic (exact) mass is 1140 g/mol. The minimum atomic E-state index is -1.08. The van der Waals surface area contributed by atoms with Crippen LogP contribution in [0.3, 0.4) is 0 Å². The van der Waals surface area contributed by atoms with Gasteiger partial charge in [0.15, 0.2) is 0 Å². The van der Waals surface area contributed by atoms with Crippen molar-refractivity contribution < 1.29 is 38.4 Å². The Labute approximate surface area is 492 Å². The number of fused-ring (bicyclic) bond motifs is 2. The van der Waals surface area contributed by atoms with Crippen LogP contribution in [0, 0.1) is 0 Å². The number of amides is 8. The fourth-order valence-electron chi connectivity index (χ4n) is 12.3. The molecule has 4 heterocycles. The molecule has 18 nitrogen and oxygen atoms in total. The highest BCUT2D eigenvalue weighted by atomic mass is 16.2. The van der Waals surface area contributed by atoms with Crippen molar-refractivity contribution in [3.05, 3.63) is 179 Å². The number of aryl methyl sites for hydroxylation is 2. The van der Waals surface area contributed by atoms with E-state index in [1.807, 2.05) is 146 Å². The van der Waals surface area contributed by atoms with Crippen LogP contribution in [0.25, 0.3) is 0 Å². The topological polar surface area (TPSA) is 222 Å². The molecule has 0 aromatic heterocycles. The number of hydrogen-bond acceptors (Lipinski definition) is 10. The van der Waals surface area contributed by atoms with Crippen molar-refractivity contribution >= 4 is 47.3 Å². The number of rotatable bonds is 20. The smallest absolute Gasteiger partial charge is 0.247 e. The molecule has 4 fully saturated rings. The van der Waals surface area contributed by atoms with Gasteiger partial charge >= 0.3 is 0 Å². The fraction of sp³-hybridized carbons (Fsp3) is 0.424. The number of carbonyl (C=O) groups is 8. The predicted octanol–water partition coefficient (Wildman–Crippen LogP) is 4.73. The van der Waals surface area contributed by atoms with Crippen LogP contribution in [0.2, 0.25) is 0 Å². The molecule has 4 aliphatic rings. The lowest BCUT2D eigenvalue weighted by Crippen LogP contribution is -2.62. The first-order valence-corrected chi connectivity index (χ1v) is 29.7. The Hall–Kier alpha value is -8.22. The molecule has 84 heavy (non-hydrogen) atoms. The molecule has 5 aromatic rings. The third-order valence-electron chi connectivity index (χ3n) is 17.4. The van der Waals surface area contributed by atoms with Gasteiger partial charge in [-0.2, -0.15) is 0 Å². The normalized spacial score (nSPS) is 21.5. The largest absolute Gasteiger partial charge is 0.343 e. The summed E-state index contributed by atoms with van der Waals surface area (Å²) in [6, 6.07) is 40.1. The van der Waals surface area contributed by atoms with Crippen molar-refractivity contribution in [3.63, 3.8) is 0 Å². The molecule has 4 aliphatic heterocycles. The Morgan fingerprint density at radius 2 is 0.774 bits per heavy atom. The number of hydrogen-bond donors (Lipinski definition) is 6. The van der Waals surface area contributed by atoms with Gasteiger partial charge in [0.05, 0.1) is 24.2 Å². The molecule has 8 amide bonds. The van der Waals surface area contributed by atoms with Crippen molar-refractivity contribution in [2.75, 3.05) is 40.3 Å². The van der Waals surface area contributed by atoms with Gasteiger partial charge in [-0.05, 0) is 113 Å². The Balaban J connectivity index is 0.812. The number of nitrogens with one attached hydrogen (secondary N) is 6. The van der Waals surface area contributed by atoms with Crippen molar-refractivity contribution in [2.45, 2.75) is 138 Å². The maximum Gasteiger partial charge on any atom is 0.247 e. The second-order valence-electron chi connectivity index (χ2n) is 22.7. The molecule has 0 bridgehead atoms. The van der Waals surface area contributed by atoms with Crippen LogP contribution in [0.5, 0.6) is 0 Å². The summed E-state index contributed by atoms with van der Waals surface area (Å²) in [5.74, 6) is -2.45. The zero-order chi connectivity index (χ0) is 59.3. The summed E-state index contributed by atoms with van der Waals surface area (Å²) in [5, 5.41) is 18.2. The summed E-state index contributed by atoms with van der Waals surface area (Å²) >= 11 is 0. The quantitative estimate of drug-likeness (QED) is 0.0629. The van der Waals surface area contributed by atoms with Crippen LogP contribution < -0.4 is 31.9 Å². The lowest BCUT2D eigenvalue weighted by molar-refractivity contribution is -0.147. The average Bonchev–Trinajstić information content (AvgIpc) is 3.45. The van der Waals surface area contributed by atoms with E-state index < -0.39 is 72.0 Å². The van der Waals surface area contributed by atoms with Gasteiger partial charge in [-0.3, -0.25) is 38.4 Å². The number of likely N-dealkylation sites (N-methyl/N-ethyl adjacent to an activating group) is 2. The highest BCUT2D eigenvalue weighted by Crippen LogP contribution is 2.33. The molecule has 0 radical (unpaired) electrons. The molecule has 4 saturated heterocycles. The molecule has 8 atom stereocenters. The molecule has 0 spiro atoms. The maximum absolute atomic E-state index is 14.7. The molecule has 0 aliphatic carbocycles. The SMILES string of the molecule is CN[C@@H](C)C(=O)N[C@H]1CN(C(=O)CCc2ccc(CCC(=O)N3CC[C@H]4CC[C@@H](C(=O)NC(c5ccccc5)c5ccccc5)N4C(=O)[C@@H](NC(=O)[C@H](C)NC)C3)cc2)CC[C@H]2CC[C@@H](C(=O)NC(c3ccccc3)c3ccccc3)N2C1=O. The van der Waals surface area contributed by atoms with Crippen LogP contribution >= 0.6 is 0 Å². The van der Waals surface area contributed by atoms with Gasteiger partial charge in [-0.1, -0.05) is 146 Å². The second-order valence-corrected chi connectivity index (χ2v) is 22.7. The summed E-state index contributed by atoms with van der Waals surface area (Å²) < 4.78 is 0. The molecule has 9 rings (SSSR count). The Kier molecular flexibility index (Phi) is 20.4. The summed E-state index contributed by atoms with van der Waals surface area (Å²) in [6.07, 6.45) is 4.12. The Morgan fingerprint density at radius 3 is 1.08 bits per heavy atom. The first-order chi connectivity index (χ1) is 40.7. The third-order valence-corrected chi connectivity index (χ3v) is 17.4. The van der Waals surface area contributed by atoms with Crippen LogP contribution in [-0.4, -0.2) is 155 Å². The van der Waals surface area contributed by atoms with Gasteiger partial charge < -0.3 is 51.5 Å². The average molecular weight is 1140 g/mol. The van der Waals surface area contributed by atoms with Crippen molar-refractivity contribution in [1.29, 1.82) is 0 Å². The Morgan fingerprint density at radius 1 is 0.452 bits per heavy atom. The molecular weight excluding hydrogens is 1060 g/mol. The number of nitrogens with zero attached hydrogens (tertiary/aromatic N) is 4. The minimum Gasteiger partial charge on any atom is -0.343 e. The van der Waals surface area contributed by atoms with E-state index in [-0.39, 0.29) is 61.6 Å². The second kappa shape index (κ2) is 28.4. The molecule has 0 saturated carbocycles. The lowest BCUT2D eigenvalue weighted by atomic mass is 9.98. The third kappa shape index (κ3) is 14.6. The fourth-order valence-corrected chi connectivity index (χ4v) is 12.3. The first kappa shape index (κ1) is 60.4. The van der Waals surface area contributed by atoms with E-state index in [9.17, 15) is 38.4 Å². The van der Waals surface area contributed by atoms with E-state index in [4.69, 9.17) is 0 Å². The van der Waals surface area contributed by atoms with Crippen LogP contribution in [0.15, 0.2) is 146 Å². The highest BCUT2D eigenvalue weighted by molar-refractivity contribution is 5.96. The summed E-state index contributed by atoms with van der Waals surface area (Å²) in [5.41, 5.74) is 5.45. The lowest BCUT2D eigenvalue weighted by Gasteiger charge is -2.39. The Bertz CT molecular complexity index is 2800. The maximum atomic E-state index is 14.7. The molecule has 442 valence electrons. The zero-order valence-corrected chi connectivity index (χ0v) is 48.6. The van der Waals surface area contributed by atoms with Crippen molar-refractivity contribution in [2.24, 2.45) is 0 Å². The van der Waals surface area contributed by atoms with Crippen LogP contribution in [0.1, 0.15) is 111 Å². The van der Waals surface area contributed by atoms with Crippen LogP contribution in [0.4, 0.5) is 0 Å². The number of benzene rings is 5. The van der Waals surface area contributed by atoms with Gasteiger partial charge in [0, 0.05) is 51.1 Å². The molecule has 0 unspecified atom stereocenters. The molecule has 5 aromatic carbocycles. The zero-order valence-electron chi connectivity index (χ0n) is 48.6. The standard InChI is InChI=1S/C66H80N10O8/c1-43(67-3)61(79)69-53-41-73(39-37-51-31-33-55(75(51)65(53)83)63(81)71-59(47-17-9-5-10-18-47)48-19-11-6-12-20-48)57(77)35-29-45-25-27-46(28-26-45)30-36-58(78)74-40-38-52-32-34-56(76(52)66(84)54(42-74)70-62(80)44(2)68-4)64(82)72-60(49-21-13-7-14-22-49)50-23-15-8-16-24-50/h5-28,43-44,51-56,59-60,67-68H,29-42H2,1-4H3,(H,69,79)(H,70,80)(H,71,81)(H,72,82)/t43-,44-,51+,52+,53-,54-,55-,56-/m0/s1. The minimum absolute atomic E-state index is 0.0459. The number of carbonyl (C=O) groups excluding carboxylic acids is 8. The predicted molar refractivity (Wildman–Crippen MR) is 319 cm³/mol. The molecular formula is C66H80N10O8. The van der Waals surface area contributed by atoms with Crippen LogP contribution in [-0.2, 0) is 51.2 Å². The van der Waals surface area contributed by atoms with Crippen molar-refractivity contribution in [1.82, 2.24) is 51.5 Å². The summed E-state index contributed by atoms with van der Waals surface area (Å²) in [6.45, 7) is 3.98. The van der Waals surface area contributed by atoms with Gasteiger partial charge in [-0.25, -0.2) is 0 Å². The summed E-state index contributed by atoms with van der Waals surface area (Å²) in [4.78, 5) is 120. The summed E-state index contributed by atoms with van der Waals surface area (Å²) in [7, 11) is 3.31. The first-order valence-electron chi connectivity index (χ1n) is 29.7. The van der Waals surface area contributed by atoms with Gasteiger partial charge in [0.2, 0.25) is 47.3 Å². The van der Waals surface area contributed by atoms with E-state index in [0.717, 1.165) is 33.4 Å². The van der Waals surface area contributed by atoms with Gasteiger partial charge in [0.1, 0.15) is 24.2 Å². The van der Waals surface area contributed by atoms with E-state index in [1.165, 1.54) is 0 Å². The molecule has 6 N–H and O–H groups in total. The van der Waals surface area contributed by atoms with Gasteiger partial charge in [0.25, 0.3) is 0 Å². The van der Waals surface area contributed by atoms with Crippen molar-refractivity contribution in [3.8, 4) is 0 Å². The molecule has 18 heteroatoms. The van der Waals surface area contributed by atoms with E-state index in [0.29, 0.717) is 64.5 Å².